The van der Waals surface area contributed by atoms with Gasteiger partial charge in [-0.05, 0) is 63.1 Å². The van der Waals surface area contributed by atoms with E-state index in [1.165, 1.54) is 0 Å². The molecule has 1 heterocycles. The zero-order chi connectivity index (χ0) is 22.3. The minimum absolute atomic E-state index is 0.354. The van der Waals surface area contributed by atoms with Crippen LogP contribution >= 0.6 is 0 Å². The Kier molecular flexibility index (Phi) is 5.19. The van der Waals surface area contributed by atoms with Crippen LogP contribution in [0.4, 0.5) is 11.4 Å². The van der Waals surface area contributed by atoms with Crippen LogP contribution in [0.15, 0.2) is 59.7 Å². The molecule has 3 amide bonds. The second-order valence-corrected chi connectivity index (χ2v) is 8.05. The Morgan fingerprint density at radius 2 is 1.39 bits per heavy atom. The van der Waals surface area contributed by atoms with Gasteiger partial charge in [-0.1, -0.05) is 23.3 Å². The topological polar surface area (TPSA) is 104 Å². The summed E-state index contributed by atoms with van der Waals surface area (Å²) in [5.74, 6) is -3.53. The van der Waals surface area contributed by atoms with E-state index in [-0.39, 0.29) is 17.7 Å². The molecule has 7 heteroatoms. The second-order valence-electron chi connectivity index (χ2n) is 8.05. The molecule has 0 saturated heterocycles. The Labute approximate surface area is 179 Å². The monoisotopic (exact) mass is 418 g/mol. The third kappa shape index (κ3) is 3.63. The zero-order valence-corrected chi connectivity index (χ0v) is 17.2. The molecule has 4 rings (SSSR count). The highest BCUT2D eigenvalue weighted by atomic mass is 16.4. The largest absolute Gasteiger partial charge is 0.481 e. The summed E-state index contributed by atoms with van der Waals surface area (Å²) in [5, 5.41) is 12.3. The number of rotatable bonds is 4. The molecule has 0 radical (unpaired) electrons. The van der Waals surface area contributed by atoms with E-state index >= 15 is 0 Å². The van der Waals surface area contributed by atoms with Gasteiger partial charge in [0.1, 0.15) is 0 Å². The van der Waals surface area contributed by atoms with Crippen LogP contribution in [0, 0.1) is 11.8 Å². The minimum atomic E-state index is -0.979. The predicted octanol–water partition coefficient (Wildman–Crippen LogP) is 3.87. The Morgan fingerprint density at radius 3 is 1.90 bits per heavy atom. The normalized spacial score (nSPS) is 20.6. The first-order valence-corrected chi connectivity index (χ1v) is 10.0. The third-order valence-corrected chi connectivity index (χ3v) is 6.11. The van der Waals surface area contributed by atoms with Crippen molar-refractivity contribution in [1.29, 1.82) is 0 Å². The van der Waals surface area contributed by atoms with Crippen molar-refractivity contribution in [2.24, 2.45) is 11.8 Å². The van der Waals surface area contributed by atoms with Gasteiger partial charge >= 0.3 is 5.97 Å². The van der Waals surface area contributed by atoms with E-state index in [0.717, 1.165) is 16.0 Å². The molecule has 1 aliphatic carbocycles. The van der Waals surface area contributed by atoms with Crippen LogP contribution in [0.5, 0.6) is 0 Å². The number of allylic oxidation sites excluding steroid dienone is 2. The van der Waals surface area contributed by atoms with Crippen molar-refractivity contribution in [2.45, 2.75) is 26.7 Å². The summed E-state index contributed by atoms with van der Waals surface area (Å²) in [6.45, 7) is 3.82. The van der Waals surface area contributed by atoms with Crippen molar-refractivity contribution in [3.63, 3.8) is 0 Å². The van der Waals surface area contributed by atoms with Gasteiger partial charge in [-0.2, -0.15) is 0 Å². The van der Waals surface area contributed by atoms with E-state index in [9.17, 15) is 24.3 Å². The number of carboxylic acid groups (broad SMARTS) is 1. The average molecular weight is 418 g/mol. The van der Waals surface area contributed by atoms with Gasteiger partial charge in [0.15, 0.2) is 0 Å². The second kappa shape index (κ2) is 7.83. The van der Waals surface area contributed by atoms with Crippen LogP contribution in [0.25, 0.3) is 0 Å². The lowest BCUT2D eigenvalue weighted by Gasteiger charge is -2.29. The van der Waals surface area contributed by atoms with Crippen molar-refractivity contribution < 1.29 is 24.3 Å². The van der Waals surface area contributed by atoms with Crippen LogP contribution in [0.3, 0.4) is 0 Å². The number of carboxylic acids is 1. The lowest BCUT2D eigenvalue weighted by molar-refractivity contribution is -0.146. The summed E-state index contributed by atoms with van der Waals surface area (Å²) in [7, 11) is 0. The number of fused-ring (bicyclic) bond motifs is 1. The number of amides is 3. The molecule has 0 unspecified atom stereocenters. The van der Waals surface area contributed by atoms with Crippen molar-refractivity contribution in [1.82, 2.24) is 0 Å². The number of anilines is 2. The predicted molar refractivity (Wildman–Crippen MR) is 115 cm³/mol. The van der Waals surface area contributed by atoms with Crippen LogP contribution in [-0.4, -0.2) is 28.8 Å². The Hall–Kier alpha value is -3.74. The number of hydrogen-bond acceptors (Lipinski definition) is 4. The minimum Gasteiger partial charge on any atom is -0.481 e. The van der Waals surface area contributed by atoms with E-state index in [0.29, 0.717) is 35.3 Å². The maximum atomic E-state index is 12.8. The highest BCUT2D eigenvalue weighted by Gasteiger charge is 2.38. The average Bonchev–Trinajstić information content (AvgIpc) is 3.01. The van der Waals surface area contributed by atoms with Crippen molar-refractivity contribution >= 4 is 35.1 Å². The first kappa shape index (κ1) is 20.5. The number of aliphatic carboxylic acids is 1. The van der Waals surface area contributed by atoms with Gasteiger partial charge in [0.2, 0.25) is 5.91 Å². The lowest BCUT2D eigenvalue weighted by atomic mass is 9.76. The fraction of sp³-hybridized carbons (Fsp3) is 0.250. The summed E-state index contributed by atoms with van der Waals surface area (Å²) < 4.78 is 0. The van der Waals surface area contributed by atoms with Gasteiger partial charge in [0.05, 0.1) is 28.7 Å². The maximum absolute atomic E-state index is 12.8. The summed E-state index contributed by atoms with van der Waals surface area (Å²) in [5.41, 5.74) is 3.65. The van der Waals surface area contributed by atoms with Gasteiger partial charge in [0.25, 0.3) is 11.8 Å². The van der Waals surface area contributed by atoms with E-state index in [2.05, 4.69) is 5.32 Å². The number of nitrogens with zero attached hydrogens (tertiary/aromatic N) is 1. The highest BCUT2D eigenvalue weighted by molar-refractivity contribution is 6.34. The molecule has 1 aliphatic heterocycles. The number of carbonyl (C=O) groups is 4. The van der Waals surface area contributed by atoms with Crippen LogP contribution in [-0.2, 0) is 9.59 Å². The van der Waals surface area contributed by atoms with Gasteiger partial charge in [-0.25, -0.2) is 4.90 Å². The van der Waals surface area contributed by atoms with Crippen molar-refractivity contribution in [3.05, 3.63) is 70.8 Å². The molecule has 158 valence electrons. The molecule has 7 nitrogen and oxygen atoms in total. The quantitative estimate of drug-likeness (QED) is 0.579. The number of carbonyl (C=O) groups excluding carboxylic acids is 3. The zero-order valence-electron chi connectivity index (χ0n) is 17.2. The van der Waals surface area contributed by atoms with Crippen LogP contribution < -0.4 is 10.2 Å². The smallest absolute Gasteiger partial charge is 0.307 e. The Balaban J connectivity index is 1.51. The summed E-state index contributed by atoms with van der Waals surface area (Å²) >= 11 is 0. The summed E-state index contributed by atoms with van der Waals surface area (Å²) in [6.07, 6.45) is 0.764. The molecular weight excluding hydrogens is 396 g/mol. The van der Waals surface area contributed by atoms with E-state index in [1.54, 1.807) is 48.5 Å². The molecule has 0 fully saturated rings. The number of imide groups is 1. The van der Waals surface area contributed by atoms with Crippen molar-refractivity contribution in [2.75, 3.05) is 10.2 Å². The van der Waals surface area contributed by atoms with E-state index in [1.807, 2.05) is 13.8 Å². The van der Waals surface area contributed by atoms with Gasteiger partial charge in [0, 0.05) is 5.69 Å². The number of benzene rings is 2. The highest BCUT2D eigenvalue weighted by Crippen LogP contribution is 2.35. The fourth-order valence-electron chi connectivity index (χ4n) is 4.18. The fourth-order valence-corrected chi connectivity index (χ4v) is 4.18. The molecule has 0 bridgehead atoms. The SMILES string of the molecule is CC1=C(C)C[C@@H](C(=O)Nc2ccc(N3C(=O)c4ccccc4C3=O)cc2)[C@H](C(=O)O)C1. The standard InChI is InChI=1S/C24H22N2O5/c1-13-11-19(20(24(30)31)12-14(13)2)21(27)25-15-7-9-16(10-8-15)26-22(28)17-5-3-4-6-18(17)23(26)29/h3-10,19-20H,11-12H2,1-2H3,(H,25,27)(H,30,31)/t19-,20-/m1/s1. The summed E-state index contributed by atoms with van der Waals surface area (Å²) in [6, 6.07) is 13.0. The Bertz CT molecular complexity index is 1100. The molecule has 2 atom stereocenters. The first-order valence-electron chi connectivity index (χ1n) is 10.0. The van der Waals surface area contributed by atoms with Crippen molar-refractivity contribution in [3.8, 4) is 0 Å². The van der Waals surface area contributed by atoms with Gasteiger partial charge < -0.3 is 10.4 Å². The van der Waals surface area contributed by atoms with E-state index < -0.39 is 17.8 Å². The maximum Gasteiger partial charge on any atom is 0.307 e. The molecule has 2 aromatic carbocycles. The first-order chi connectivity index (χ1) is 14.8. The molecule has 2 aliphatic rings. The number of nitrogens with one attached hydrogen (secondary N) is 1. The van der Waals surface area contributed by atoms with Gasteiger partial charge in [-0.15, -0.1) is 0 Å². The third-order valence-electron chi connectivity index (χ3n) is 6.11. The van der Waals surface area contributed by atoms with Crippen LogP contribution in [0.2, 0.25) is 0 Å². The molecule has 0 saturated carbocycles. The molecule has 2 aromatic rings. The summed E-state index contributed by atoms with van der Waals surface area (Å²) in [4.78, 5) is 50.8. The van der Waals surface area contributed by atoms with Crippen LogP contribution in [0.1, 0.15) is 47.4 Å². The molecular formula is C24H22N2O5. The molecule has 31 heavy (non-hydrogen) atoms. The molecule has 0 aromatic heterocycles. The van der Waals surface area contributed by atoms with Gasteiger partial charge in [-0.3, -0.25) is 19.2 Å². The molecule has 0 spiro atoms. The Morgan fingerprint density at radius 1 is 0.871 bits per heavy atom. The number of hydrogen-bond donors (Lipinski definition) is 2. The lowest BCUT2D eigenvalue weighted by Crippen LogP contribution is -2.36. The van der Waals surface area contributed by atoms with E-state index in [4.69, 9.17) is 0 Å². The molecule has 2 N–H and O–H groups in total.